The number of alkyl halides is 6. The fourth-order valence-corrected chi connectivity index (χ4v) is 8.77. The van der Waals surface area contributed by atoms with Crippen LogP contribution < -0.4 is 5.32 Å². The van der Waals surface area contributed by atoms with Crippen molar-refractivity contribution in [2.75, 3.05) is 5.32 Å². The van der Waals surface area contributed by atoms with Crippen LogP contribution in [0, 0.1) is 40.4 Å². The molecule has 4 aliphatic rings. The molecule has 9 heteroatoms. The maximum Gasteiger partial charge on any atom is 0.418 e. The van der Waals surface area contributed by atoms with Crippen LogP contribution in [0.3, 0.4) is 0 Å². The maximum atomic E-state index is 13.6. The van der Waals surface area contributed by atoms with E-state index in [1.807, 2.05) is 6.92 Å². The molecule has 0 bridgehead atoms. The van der Waals surface area contributed by atoms with Crippen molar-refractivity contribution in [1.82, 2.24) is 0 Å². The second-order valence-corrected chi connectivity index (χ2v) is 12.3. The summed E-state index contributed by atoms with van der Waals surface area (Å²) in [4.78, 5) is 25.5. The first kappa shape index (κ1) is 26.5. The quantitative estimate of drug-likeness (QED) is 0.396. The number of benzene rings is 1. The topological polar surface area (TPSA) is 46.2 Å². The zero-order valence-electron chi connectivity index (χ0n) is 21.1. The second-order valence-electron chi connectivity index (χ2n) is 12.3. The molecule has 4 fully saturated rings. The summed E-state index contributed by atoms with van der Waals surface area (Å²) in [5.41, 5.74) is -3.68. The molecule has 5 rings (SSSR count). The molecule has 0 aromatic heterocycles. The van der Waals surface area contributed by atoms with Gasteiger partial charge in [-0.3, -0.25) is 9.59 Å². The highest BCUT2D eigenvalue weighted by Gasteiger charge is 2.61. The Kier molecular flexibility index (Phi) is 6.26. The molecule has 0 saturated heterocycles. The molecule has 7 atom stereocenters. The molecular formula is C28H33F6NO2. The Morgan fingerprint density at radius 2 is 1.59 bits per heavy atom. The highest BCUT2D eigenvalue weighted by Crippen LogP contribution is 2.67. The predicted molar refractivity (Wildman–Crippen MR) is 125 cm³/mol. The van der Waals surface area contributed by atoms with E-state index in [0.717, 1.165) is 38.5 Å². The Morgan fingerprint density at radius 1 is 0.892 bits per heavy atom. The summed E-state index contributed by atoms with van der Waals surface area (Å²) in [6, 6.07) is 1.16. The molecule has 0 spiro atoms. The summed E-state index contributed by atoms with van der Waals surface area (Å²) in [5.74, 6) is 0.628. The highest BCUT2D eigenvalue weighted by atomic mass is 19.4. The normalized spacial score (nSPS) is 37.9. The highest BCUT2D eigenvalue weighted by molar-refractivity contribution is 5.94. The van der Waals surface area contributed by atoms with E-state index in [1.165, 1.54) is 0 Å². The molecule has 204 valence electrons. The lowest BCUT2D eigenvalue weighted by Gasteiger charge is -2.60. The van der Waals surface area contributed by atoms with Gasteiger partial charge in [0.1, 0.15) is 5.78 Å². The van der Waals surface area contributed by atoms with E-state index in [2.05, 4.69) is 12.2 Å². The van der Waals surface area contributed by atoms with E-state index in [-0.39, 0.29) is 11.3 Å². The molecule has 1 amide bonds. The van der Waals surface area contributed by atoms with E-state index in [4.69, 9.17) is 0 Å². The Bertz CT molecular complexity index is 1100. The number of amides is 1. The summed E-state index contributed by atoms with van der Waals surface area (Å²) in [7, 11) is 0. The van der Waals surface area contributed by atoms with Gasteiger partial charge in [0.05, 0.1) is 16.8 Å². The Labute approximate surface area is 212 Å². The van der Waals surface area contributed by atoms with Crippen LogP contribution in [0.5, 0.6) is 0 Å². The first-order valence-corrected chi connectivity index (χ1v) is 13.3. The molecular weight excluding hydrogens is 496 g/mol. The molecule has 4 aliphatic carbocycles. The van der Waals surface area contributed by atoms with Crippen LogP contribution in [-0.2, 0) is 21.9 Å². The van der Waals surface area contributed by atoms with Crippen LogP contribution in [0.1, 0.15) is 82.8 Å². The number of nitrogens with one attached hydrogen (secondary N) is 1. The largest absolute Gasteiger partial charge is 0.418 e. The lowest BCUT2D eigenvalue weighted by Crippen LogP contribution is -2.54. The SMILES string of the molecule is C[C@]12CCC(=O)CC1CCC1C2CC[C@@]2(C)C1CC[C@@H]2C(=O)Nc1cc(C(F)(F)F)ccc1C(F)(F)F. The van der Waals surface area contributed by atoms with Crippen LogP contribution in [0.4, 0.5) is 32.0 Å². The van der Waals surface area contributed by atoms with Crippen LogP contribution in [0.2, 0.25) is 0 Å². The number of hydrogen-bond donors (Lipinski definition) is 1. The van der Waals surface area contributed by atoms with Gasteiger partial charge in [-0.2, -0.15) is 26.3 Å². The first-order valence-electron chi connectivity index (χ1n) is 13.3. The van der Waals surface area contributed by atoms with Crippen molar-refractivity contribution in [2.24, 2.45) is 40.4 Å². The van der Waals surface area contributed by atoms with Crippen molar-refractivity contribution in [3.05, 3.63) is 29.3 Å². The molecule has 37 heavy (non-hydrogen) atoms. The number of carbonyl (C=O) groups excluding carboxylic acids is 2. The van der Waals surface area contributed by atoms with Gasteiger partial charge in [0.25, 0.3) is 0 Å². The summed E-state index contributed by atoms with van der Waals surface area (Å²) in [5, 5.41) is 2.26. The van der Waals surface area contributed by atoms with Gasteiger partial charge in [0.15, 0.2) is 0 Å². The Balaban J connectivity index is 1.39. The fourth-order valence-electron chi connectivity index (χ4n) is 8.77. The van der Waals surface area contributed by atoms with Crippen molar-refractivity contribution in [2.45, 2.75) is 84.0 Å². The van der Waals surface area contributed by atoms with Gasteiger partial charge >= 0.3 is 12.4 Å². The van der Waals surface area contributed by atoms with Crippen LogP contribution in [-0.4, -0.2) is 11.7 Å². The van der Waals surface area contributed by atoms with Crippen LogP contribution >= 0.6 is 0 Å². The van der Waals surface area contributed by atoms with Crippen molar-refractivity contribution < 1.29 is 35.9 Å². The molecule has 4 saturated carbocycles. The molecule has 3 nitrogen and oxygen atoms in total. The molecule has 1 aromatic rings. The minimum absolute atomic E-state index is 0.0954. The van der Waals surface area contributed by atoms with Crippen molar-refractivity contribution in [3.8, 4) is 0 Å². The average Bonchev–Trinajstić information content (AvgIpc) is 3.15. The van der Waals surface area contributed by atoms with Crippen molar-refractivity contribution >= 4 is 17.4 Å². The van der Waals surface area contributed by atoms with E-state index in [0.29, 0.717) is 61.0 Å². The van der Waals surface area contributed by atoms with Gasteiger partial charge in [-0.05, 0) is 97.6 Å². The monoisotopic (exact) mass is 529 g/mol. The molecule has 4 unspecified atom stereocenters. The summed E-state index contributed by atoms with van der Waals surface area (Å²) in [6.07, 6.45) is -2.67. The minimum Gasteiger partial charge on any atom is -0.325 e. The zero-order chi connectivity index (χ0) is 27.0. The third-order valence-electron chi connectivity index (χ3n) is 10.7. The lowest BCUT2D eigenvalue weighted by atomic mass is 9.45. The smallest absolute Gasteiger partial charge is 0.325 e. The zero-order valence-corrected chi connectivity index (χ0v) is 21.1. The summed E-state index contributed by atoms with van der Waals surface area (Å²) < 4.78 is 80.4. The van der Waals surface area contributed by atoms with Gasteiger partial charge in [0.2, 0.25) is 5.91 Å². The van der Waals surface area contributed by atoms with E-state index in [1.54, 1.807) is 0 Å². The lowest BCUT2D eigenvalue weighted by molar-refractivity contribution is -0.143. The number of ketones is 1. The number of hydrogen-bond acceptors (Lipinski definition) is 2. The Morgan fingerprint density at radius 3 is 2.27 bits per heavy atom. The second kappa shape index (κ2) is 8.73. The standard InChI is InChI=1S/C28H33F6NO2/c1-25-11-9-17(36)13-15(25)3-5-18-19-7-8-22(26(19,2)12-10-20(18)25)24(37)35-23-14-16(27(29,30)31)4-6-21(23)28(32,33)34/h4,6,14-15,18-20,22H,3,5,7-13H2,1-2H3,(H,35,37)/t15?,18?,19?,20?,22-,25+,26+/m1/s1. The predicted octanol–water partition coefficient (Wildman–Crippen LogP) is 7.89. The third-order valence-corrected chi connectivity index (χ3v) is 10.7. The molecule has 1 N–H and O–H groups in total. The molecule has 0 aliphatic heterocycles. The number of Topliss-reactive ketones (excluding diaryl/α,β-unsaturated/α-hetero) is 1. The molecule has 0 radical (unpaired) electrons. The average molecular weight is 530 g/mol. The van der Waals surface area contributed by atoms with Gasteiger partial charge in [-0.1, -0.05) is 13.8 Å². The third kappa shape index (κ3) is 4.38. The number of rotatable bonds is 2. The number of fused-ring (bicyclic) bond motifs is 5. The van der Waals surface area contributed by atoms with Gasteiger partial charge in [-0.25, -0.2) is 0 Å². The van der Waals surface area contributed by atoms with E-state index < -0.39 is 46.4 Å². The van der Waals surface area contributed by atoms with Crippen molar-refractivity contribution in [3.63, 3.8) is 0 Å². The van der Waals surface area contributed by atoms with Crippen LogP contribution in [0.15, 0.2) is 18.2 Å². The minimum atomic E-state index is -4.90. The van der Waals surface area contributed by atoms with Crippen LogP contribution in [0.25, 0.3) is 0 Å². The van der Waals surface area contributed by atoms with E-state index >= 15 is 0 Å². The van der Waals surface area contributed by atoms with E-state index in [9.17, 15) is 35.9 Å². The summed E-state index contributed by atoms with van der Waals surface area (Å²) >= 11 is 0. The number of carbonyl (C=O) groups is 2. The van der Waals surface area contributed by atoms with Crippen molar-refractivity contribution in [1.29, 1.82) is 0 Å². The maximum absolute atomic E-state index is 13.6. The molecule has 1 aromatic carbocycles. The van der Waals surface area contributed by atoms with Gasteiger partial charge < -0.3 is 5.32 Å². The fraction of sp³-hybridized carbons (Fsp3) is 0.714. The Hall–Kier alpha value is -2.06. The van der Waals surface area contributed by atoms with Gasteiger partial charge in [-0.15, -0.1) is 0 Å². The first-order chi connectivity index (χ1) is 17.1. The molecule has 0 heterocycles. The van der Waals surface area contributed by atoms with Gasteiger partial charge in [0, 0.05) is 18.8 Å². The number of anilines is 1. The number of halogens is 6. The summed E-state index contributed by atoms with van der Waals surface area (Å²) in [6.45, 7) is 4.36.